The van der Waals surface area contributed by atoms with E-state index in [2.05, 4.69) is 29.4 Å². The maximum absolute atomic E-state index is 5.20. The predicted octanol–water partition coefficient (Wildman–Crippen LogP) is 2.09. The normalized spacial score (nSPS) is 8.60. The molecule has 1 heterocycles. The first-order chi connectivity index (χ1) is 7.27. The molecule has 0 fully saturated rings. The van der Waals surface area contributed by atoms with Gasteiger partial charge in [-0.15, -0.1) is 0 Å². The van der Waals surface area contributed by atoms with Crippen LogP contribution in [0.15, 0.2) is 30.6 Å². The van der Waals surface area contributed by atoms with Crippen molar-refractivity contribution in [2.45, 2.75) is 26.2 Å². The molecule has 3 N–H and O–H groups in total. The number of thiocarbonyl (C=S) groups is 1. The van der Waals surface area contributed by atoms with Crippen LogP contribution >= 0.6 is 12.2 Å². The molecule has 0 aromatic carbocycles. The molecule has 0 unspecified atom stereocenters. The highest BCUT2D eigenvalue weighted by Crippen LogP contribution is 1.90. The summed E-state index contributed by atoms with van der Waals surface area (Å²) in [6.45, 7) is 3.09. The fourth-order valence-corrected chi connectivity index (χ4v) is 1.00. The molecule has 0 radical (unpaired) electrons. The number of nitrogens with zero attached hydrogens (tertiary/aromatic N) is 1. The fraction of sp³-hybridized carbons (Fsp3) is 0.455. The highest BCUT2D eigenvalue weighted by Gasteiger charge is 1.85. The zero-order valence-electron chi connectivity index (χ0n) is 9.15. The van der Waals surface area contributed by atoms with E-state index in [0.29, 0.717) is 5.11 Å². The van der Waals surface area contributed by atoms with Crippen molar-refractivity contribution in [2.24, 2.45) is 5.73 Å². The van der Waals surface area contributed by atoms with Gasteiger partial charge in [0.2, 0.25) is 0 Å². The second-order valence-corrected chi connectivity index (χ2v) is 3.46. The van der Waals surface area contributed by atoms with Gasteiger partial charge in [0, 0.05) is 18.9 Å². The Kier molecular flexibility index (Phi) is 10.1. The van der Waals surface area contributed by atoms with E-state index in [1.54, 1.807) is 12.4 Å². The average molecular weight is 225 g/mol. The Balaban J connectivity index is 0.000000280. The van der Waals surface area contributed by atoms with Crippen molar-refractivity contribution >= 4 is 17.3 Å². The summed E-state index contributed by atoms with van der Waals surface area (Å²) in [5, 5.41) is 3.30. The number of nitrogens with two attached hydrogens (primary N) is 1. The van der Waals surface area contributed by atoms with Crippen LogP contribution in [0.25, 0.3) is 0 Å². The number of hydrogen-bond acceptors (Lipinski definition) is 2. The lowest BCUT2D eigenvalue weighted by Crippen LogP contribution is -2.29. The molecule has 0 spiro atoms. The van der Waals surface area contributed by atoms with Gasteiger partial charge in [-0.3, -0.25) is 4.98 Å². The van der Waals surface area contributed by atoms with Crippen molar-refractivity contribution in [3.63, 3.8) is 0 Å². The van der Waals surface area contributed by atoms with Crippen molar-refractivity contribution in [2.75, 3.05) is 6.54 Å². The van der Waals surface area contributed by atoms with Gasteiger partial charge in [-0.2, -0.15) is 0 Å². The molecule has 1 rings (SSSR count). The van der Waals surface area contributed by atoms with Crippen LogP contribution in [0.4, 0.5) is 0 Å². The Bertz CT molecular complexity index is 212. The second kappa shape index (κ2) is 10.9. The van der Waals surface area contributed by atoms with Crippen LogP contribution < -0.4 is 11.1 Å². The van der Waals surface area contributed by atoms with Crippen LogP contribution in [0.2, 0.25) is 0 Å². The average Bonchev–Trinajstić information content (AvgIpc) is 2.28. The number of aromatic nitrogens is 1. The van der Waals surface area contributed by atoms with E-state index in [9.17, 15) is 0 Å². The Hall–Kier alpha value is -1.16. The van der Waals surface area contributed by atoms with E-state index in [1.165, 1.54) is 12.8 Å². The van der Waals surface area contributed by atoms with E-state index in [1.807, 2.05) is 18.2 Å². The van der Waals surface area contributed by atoms with Crippen molar-refractivity contribution in [1.82, 2.24) is 10.3 Å². The first kappa shape index (κ1) is 13.8. The largest absolute Gasteiger partial charge is 0.376 e. The standard InChI is InChI=1S/C6H14N2S.C5H5N/c1-2-3-4-5-8-6(7)9;1-2-4-6-5-3-1/h2-5H2,1H3,(H3,7,8,9);1-5H. The second-order valence-electron chi connectivity index (χ2n) is 3.02. The summed E-state index contributed by atoms with van der Waals surface area (Å²) in [7, 11) is 0. The lowest BCUT2D eigenvalue weighted by molar-refractivity contribution is 0.696. The molecule has 15 heavy (non-hydrogen) atoms. The van der Waals surface area contributed by atoms with Gasteiger partial charge in [-0.05, 0) is 30.8 Å². The van der Waals surface area contributed by atoms with Crippen LogP contribution in [0.1, 0.15) is 26.2 Å². The van der Waals surface area contributed by atoms with Gasteiger partial charge in [0.05, 0.1) is 0 Å². The van der Waals surface area contributed by atoms with E-state index >= 15 is 0 Å². The molecular formula is C11H19N3S. The van der Waals surface area contributed by atoms with Gasteiger partial charge in [0.1, 0.15) is 0 Å². The highest BCUT2D eigenvalue weighted by molar-refractivity contribution is 7.80. The molecule has 0 aliphatic rings. The zero-order chi connectivity index (χ0) is 11.4. The molecule has 0 aliphatic carbocycles. The van der Waals surface area contributed by atoms with Gasteiger partial charge < -0.3 is 11.1 Å². The van der Waals surface area contributed by atoms with Crippen LogP contribution in [-0.4, -0.2) is 16.6 Å². The minimum absolute atomic E-state index is 0.408. The van der Waals surface area contributed by atoms with Crippen LogP contribution in [-0.2, 0) is 0 Å². The zero-order valence-corrected chi connectivity index (χ0v) is 9.96. The number of rotatable bonds is 4. The summed E-state index contributed by atoms with van der Waals surface area (Å²) in [5.74, 6) is 0. The van der Waals surface area contributed by atoms with Gasteiger partial charge in [0.25, 0.3) is 0 Å². The molecule has 0 bridgehead atoms. The van der Waals surface area contributed by atoms with Gasteiger partial charge >= 0.3 is 0 Å². The first-order valence-corrected chi connectivity index (χ1v) is 5.56. The number of unbranched alkanes of at least 4 members (excludes halogenated alkanes) is 2. The van der Waals surface area contributed by atoms with Crippen LogP contribution in [0.3, 0.4) is 0 Å². The monoisotopic (exact) mass is 225 g/mol. The number of pyridine rings is 1. The maximum Gasteiger partial charge on any atom is 0.163 e. The van der Waals surface area contributed by atoms with Crippen molar-refractivity contribution in [1.29, 1.82) is 0 Å². The lowest BCUT2D eigenvalue weighted by atomic mass is 10.2. The molecule has 0 saturated carbocycles. The summed E-state index contributed by atoms with van der Waals surface area (Å²) in [5.41, 5.74) is 5.20. The molecule has 1 aromatic heterocycles. The molecule has 3 nitrogen and oxygen atoms in total. The SMILES string of the molecule is CCCCCNC(N)=S.c1ccncc1. The molecular weight excluding hydrogens is 206 g/mol. The predicted molar refractivity (Wildman–Crippen MR) is 68.6 cm³/mol. The third-order valence-corrected chi connectivity index (χ3v) is 1.79. The molecule has 1 aromatic rings. The third-order valence-electron chi connectivity index (χ3n) is 1.65. The summed E-state index contributed by atoms with van der Waals surface area (Å²) in [6.07, 6.45) is 7.14. The molecule has 4 heteroatoms. The maximum atomic E-state index is 5.20. The Morgan fingerprint density at radius 3 is 2.27 bits per heavy atom. The van der Waals surface area contributed by atoms with Crippen molar-refractivity contribution < 1.29 is 0 Å². The Morgan fingerprint density at radius 1 is 1.27 bits per heavy atom. The summed E-state index contributed by atoms with van der Waals surface area (Å²) in [6, 6.07) is 5.72. The summed E-state index contributed by atoms with van der Waals surface area (Å²) < 4.78 is 0. The van der Waals surface area contributed by atoms with Gasteiger partial charge in [-0.25, -0.2) is 0 Å². The summed E-state index contributed by atoms with van der Waals surface area (Å²) >= 11 is 4.61. The van der Waals surface area contributed by atoms with Crippen LogP contribution in [0.5, 0.6) is 0 Å². The molecule has 0 amide bonds. The van der Waals surface area contributed by atoms with Gasteiger partial charge in [-0.1, -0.05) is 25.8 Å². The highest BCUT2D eigenvalue weighted by atomic mass is 32.1. The Morgan fingerprint density at radius 2 is 1.93 bits per heavy atom. The minimum Gasteiger partial charge on any atom is -0.376 e. The number of hydrogen-bond donors (Lipinski definition) is 2. The fourth-order valence-electron chi connectivity index (χ4n) is 0.899. The van der Waals surface area contributed by atoms with E-state index in [4.69, 9.17) is 5.73 Å². The quantitative estimate of drug-likeness (QED) is 0.608. The third kappa shape index (κ3) is 12.8. The van der Waals surface area contributed by atoms with Crippen LogP contribution in [0, 0.1) is 0 Å². The smallest absolute Gasteiger partial charge is 0.163 e. The van der Waals surface area contributed by atoms with Crippen molar-refractivity contribution in [3.05, 3.63) is 30.6 Å². The van der Waals surface area contributed by atoms with E-state index in [-0.39, 0.29) is 0 Å². The lowest BCUT2D eigenvalue weighted by Gasteiger charge is -2.00. The molecule has 84 valence electrons. The molecule has 0 atom stereocenters. The minimum atomic E-state index is 0.408. The van der Waals surface area contributed by atoms with E-state index < -0.39 is 0 Å². The summed E-state index contributed by atoms with van der Waals surface area (Å²) in [4.78, 5) is 3.78. The molecule has 0 aliphatic heterocycles. The first-order valence-electron chi connectivity index (χ1n) is 5.15. The van der Waals surface area contributed by atoms with Gasteiger partial charge in [0.15, 0.2) is 5.11 Å². The van der Waals surface area contributed by atoms with E-state index in [0.717, 1.165) is 13.0 Å². The topological polar surface area (TPSA) is 50.9 Å². The van der Waals surface area contributed by atoms with Crippen molar-refractivity contribution in [3.8, 4) is 0 Å². The number of nitrogens with one attached hydrogen (secondary N) is 1. The molecule has 0 saturated heterocycles. The Labute approximate surface area is 97.1 Å².